The van der Waals surface area contributed by atoms with Gasteiger partial charge in [0.05, 0.1) is 45.2 Å². The first-order valence-electron chi connectivity index (χ1n) is 32.6. The number of carboxylic acid groups (broad SMARTS) is 1. The molecular weight excluding hydrogens is 1480 g/mol. The van der Waals surface area contributed by atoms with Crippen LogP contribution >= 0.6 is 7.82 Å². The monoisotopic (exact) mass is 1560 g/mol. The van der Waals surface area contributed by atoms with E-state index >= 15 is 0 Å². The molecule has 11 unspecified atom stereocenters. The van der Waals surface area contributed by atoms with Crippen molar-refractivity contribution in [2.75, 3.05) is 52.4 Å². The quantitative estimate of drug-likeness (QED) is 0.0173. The summed E-state index contributed by atoms with van der Waals surface area (Å²) in [6.45, 7) is -2.51. The number of anilines is 1. The summed E-state index contributed by atoms with van der Waals surface area (Å²) in [4.78, 5) is 114. The molecule has 6 saturated heterocycles. The number of nitrogens with two attached hydrogens (primary N) is 1. The van der Waals surface area contributed by atoms with Gasteiger partial charge in [0, 0.05) is 64.6 Å². The molecule has 3 amide bonds. The lowest BCUT2D eigenvalue weighted by Gasteiger charge is -2.49. The highest BCUT2D eigenvalue weighted by Crippen LogP contribution is 2.54. The van der Waals surface area contributed by atoms with Gasteiger partial charge >= 0.3 is 19.5 Å². The number of aliphatic hydroxyl groups is 14. The van der Waals surface area contributed by atoms with E-state index in [1.54, 1.807) is 0 Å². The molecule has 48 heteroatoms. The minimum absolute atomic E-state index is 0.0499. The highest BCUT2D eigenvalue weighted by atomic mass is 31.2. The van der Waals surface area contributed by atoms with Gasteiger partial charge in [-0.2, -0.15) is 4.98 Å². The van der Waals surface area contributed by atoms with Gasteiger partial charge in [0.1, 0.15) is 109 Å². The van der Waals surface area contributed by atoms with Crippen molar-refractivity contribution in [3.63, 3.8) is 0 Å². The third kappa shape index (κ3) is 20.5. The molecule has 107 heavy (non-hydrogen) atoms. The lowest BCUT2D eigenvalue weighted by molar-refractivity contribution is -0.398. The number of benzene rings is 1. The van der Waals surface area contributed by atoms with Crippen molar-refractivity contribution in [3.05, 3.63) is 58.1 Å². The number of nitrogen functional groups attached to an aromatic ring is 1. The number of rotatable bonds is 35. The number of carbonyl (C=O) groups is 7. The van der Waals surface area contributed by atoms with E-state index < -0.39 is 273 Å². The van der Waals surface area contributed by atoms with E-state index in [1.165, 1.54) is 31.4 Å². The Morgan fingerprint density at radius 1 is 0.710 bits per heavy atom. The van der Waals surface area contributed by atoms with Crippen LogP contribution in [-0.4, -0.2) is 352 Å². The minimum atomic E-state index is -5.91. The fraction of sp³-hybridized carbons (Fsp3) is 0.712. The molecule has 6 fully saturated rings. The fourth-order valence-corrected chi connectivity index (χ4v) is 13.5. The van der Waals surface area contributed by atoms with Crippen molar-refractivity contribution < 1.29 is 190 Å². The number of carbonyl (C=O) groups excluding carboxylic acids is 6. The minimum Gasteiger partial charge on any atom is -0.477 e. The Morgan fingerprint density at radius 2 is 1.25 bits per heavy atom. The molecule has 0 aliphatic carbocycles. The number of Topliss-reactive ketones (excluding diaryl/α,β-unsaturated/α-hetero) is 1. The molecule has 31 atom stereocenters. The van der Waals surface area contributed by atoms with Crippen molar-refractivity contribution >= 4 is 56.1 Å². The van der Waals surface area contributed by atoms with E-state index in [-0.39, 0.29) is 37.4 Å². The molecule has 2 aromatic rings. The molecule has 7 heterocycles. The van der Waals surface area contributed by atoms with Crippen molar-refractivity contribution in [1.82, 2.24) is 30.8 Å². The molecule has 0 radical (unpaired) electrons. The smallest absolute Gasteiger partial charge is 0.477 e. The second-order valence-electron chi connectivity index (χ2n) is 25.1. The van der Waals surface area contributed by atoms with Gasteiger partial charge in [0.2, 0.25) is 24.4 Å². The number of nitrogens with one attached hydrogen (secondary N) is 4. The summed E-state index contributed by atoms with van der Waals surface area (Å²) in [5.41, 5.74) is 4.95. The van der Waals surface area contributed by atoms with Crippen LogP contribution in [0.5, 0.6) is 0 Å². The summed E-state index contributed by atoms with van der Waals surface area (Å²) in [7, 11) is -4.73. The van der Waals surface area contributed by atoms with Crippen LogP contribution in [0.1, 0.15) is 48.8 Å². The van der Waals surface area contributed by atoms with Crippen molar-refractivity contribution in [2.24, 2.45) is 5.92 Å². The number of methoxy groups -OCH3 is 1. The van der Waals surface area contributed by atoms with Gasteiger partial charge in [0.15, 0.2) is 49.9 Å². The molecule has 6 aliphatic heterocycles. The molecule has 602 valence electrons. The van der Waals surface area contributed by atoms with Gasteiger partial charge < -0.3 is 170 Å². The van der Waals surface area contributed by atoms with Crippen LogP contribution in [0.15, 0.2) is 41.3 Å². The Bertz CT molecular complexity index is 3430. The number of aromatic nitrogens is 2. The number of aliphatic hydroxyl groups excluding tert-OH is 14. The topological polar surface area (TPSA) is 708 Å². The number of aliphatic carboxylic acids is 1. The van der Waals surface area contributed by atoms with E-state index in [0.29, 0.717) is 10.1 Å². The van der Waals surface area contributed by atoms with Crippen LogP contribution in [-0.2, 0) is 111 Å². The summed E-state index contributed by atoms with van der Waals surface area (Å²) < 4.78 is 95.8. The maximum absolute atomic E-state index is 13.4. The lowest BCUT2D eigenvalue weighted by Crippen LogP contribution is -2.70. The number of phosphoric ester groups is 1. The zero-order valence-electron chi connectivity index (χ0n) is 56.6. The Hall–Kier alpha value is -6.54. The van der Waals surface area contributed by atoms with Gasteiger partial charge in [-0.1, -0.05) is 12.1 Å². The van der Waals surface area contributed by atoms with E-state index in [9.17, 15) is 124 Å². The summed E-state index contributed by atoms with van der Waals surface area (Å²) in [6, 6.07) is 3.56. The van der Waals surface area contributed by atoms with Crippen molar-refractivity contribution in [3.8, 4) is 0 Å². The molecule has 0 bridgehead atoms. The summed E-state index contributed by atoms with van der Waals surface area (Å²) in [5.74, 6) is -10.5. The Balaban J connectivity index is 0.812. The summed E-state index contributed by atoms with van der Waals surface area (Å²) in [5, 5.41) is 173. The van der Waals surface area contributed by atoms with E-state index in [1.807, 2.05) is 0 Å². The number of nitrogens with zero attached hydrogens (tertiary/aromatic N) is 2. The van der Waals surface area contributed by atoms with Crippen LogP contribution in [0.2, 0.25) is 0 Å². The van der Waals surface area contributed by atoms with E-state index in [2.05, 4.69) is 26.3 Å². The molecule has 0 saturated carbocycles. The van der Waals surface area contributed by atoms with Crippen LogP contribution < -0.4 is 32.7 Å². The highest BCUT2D eigenvalue weighted by molar-refractivity contribution is 7.47. The standard InChI is InChI=1S/C59H86N7O40P/c1-21(72)63-32-35(78)44(92-3)29(17-68)96-50(32)100-47-38(81)41(84)53(103-56(47)95-20-71)98-45-30(18-69)97-51(33(36(45)79)64-22(2)73)99-46-37(80)40(83)52(102-55(46)94-19-70)93-11-9-62-48(86)24-6-4-23(5-7-24)14-61-15-25(74)12-26-27(75)13-59(57(87)88,104-43(26)34(77)28(76)16-67)106-107(90,91)105-54-42(85)39(82)49(101-54)66-10-8-31(60)65-58(66)89/h4-8,10,19-20,26-30,32-47,49-56,61,67-69,75-85H,9,11-18H2,1-3H3,(H,62,86)(H,63,72)(H,64,73)(H,87,88)(H,90,91)(H2,60,65,89)/t26-,27-,28-,29?,30?,32?,33?,34-,35-,36-,37-,38-,39?,40?,41?,42-,43?,44-,45-,46+,47+,49-,50-,51-,52-,53-,54-,55?,56?,59-/m1/s1. The molecule has 1 aromatic heterocycles. The second-order valence-corrected chi connectivity index (χ2v) is 26.5. The van der Waals surface area contributed by atoms with Crippen molar-refractivity contribution in [1.29, 1.82) is 0 Å². The van der Waals surface area contributed by atoms with Gasteiger partial charge in [-0.15, -0.1) is 0 Å². The molecule has 0 spiro atoms. The first-order valence-corrected chi connectivity index (χ1v) is 34.1. The summed E-state index contributed by atoms with van der Waals surface area (Å²) in [6.07, 6.45) is -52.1. The molecule has 1 aromatic carbocycles. The molecule has 6 aliphatic rings. The molecule has 8 rings (SSSR count). The Labute approximate surface area is 603 Å². The average molecular weight is 1560 g/mol. The van der Waals surface area contributed by atoms with Gasteiger partial charge in [0.25, 0.3) is 24.6 Å². The molecule has 47 nitrogen and oxygen atoms in total. The molecular formula is C59H86N7O40P. The zero-order valence-corrected chi connectivity index (χ0v) is 57.5. The third-order valence-corrected chi connectivity index (χ3v) is 18.8. The molecule has 22 N–H and O–H groups in total. The number of hydrogen-bond donors (Lipinski definition) is 21. The van der Waals surface area contributed by atoms with Gasteiger partial charge in [-0.3, -0.25) is 37.9 Å². The van der Waals surface area contributed by atoms with E-state index in [0.717, 1.165) is 26.1 Å². The largest absolute Gasteiger partial charge is 0.477 e. The van der Waals surface area contributed by atoms with Gasteiger partial charge in [-0.05, 0) is 23.8 Å². The Morgan fingerprint density at radius 3 is 1.79 bits per heavy atom. The van der Waals surface area contributed by atoms with Gasteiger partial charge in [-0.25, -0.2) is 18.7 Å². The number of ether oxygens (including phenoxy) is 13. The van der Waals surface area contributed by atoms with Crippen LogP contribution in [0, 0.1) is 5.92 Å². The number of amides is 3. The Kier molecular flexibility index (Phi) is 30.5. The predicted octanol–water partition coefficient (Wildman–Crippen LogP) is -12.2. The average Bonchev–Trinajstić information content (AvgIpc) is 1.32. The maximum Gasteiger partial charge on any atom is 0.477 e. The normalized spacial score (nSPS) is 37.8. The van der Waals surface area contributed by atoms with Crippen LogP contribution in [0.3, 0.4) is 0 Å². The zero-order chi connectivity index (χ0) is 78.7. The lowest BCUT2D eigenvalue weighted by atomic mass is 9.80. The number of carboxylic acids is 1. The van der Waals surface area contributed by atoms with E-state index in [4.69, 9.17) is 76.4 Å². The van der Waals surface area contributed by atoms with Crippen LogP contribution in [0.25, 0.3) is 0 Å². The summed E-state index contributed by atoms with van der Waals surface area (Å²) >= 11 is 0. The highest BCUT2D eigenvalue weighted by Gasteiger charge is 2.61. The van der Waals surface area contributed by atoms with Crippen LogP contribution in [0.4, 0.5) is 5.82 Å². The first kappa shape index (κ1) is 86.1. The number of phosphoric acid groups is 1. The van der Waals surface area contributed by atoms with Crippen molar-refractivity contribution in [2.45, 2.75) is 211 Å². The predicted molar refractivity (Wildman–Crippen MR) is 335 cm³/mol. The first-order chi connectivity index (χ1) is 50.6. The number of ketones is 1. The fourth-order valence-electron chi connectivity index (χ4n) is 12.5. The number of hydrogen-bond acceptors (Lipinski definition) is 41. The SMILES string of the molecule is CO[C@@H]1C(CO)O[C@H](O[C@@H]2C(OC=O)O[C@@H](O[C@@H]3C(CO)O[C@H](O[C@@H]4C(OC=O)O[C@@H](OCCNC(=O)c5ccc(CNCC(=O)C[C@H]6C([C@H](O)[C@H](O)CO)O[C@](OP(=O)(O)O[C@H]7O[C@@H](n8ccc(N)nc8=O)C(O)[C@H]7O)(C(=O)O)C[C@H]6O)cc5)C(O)[C@H]4O)C(NC(C)=O)[C@H]3O)C(O)[C@H]2O)C(NC(C)=O)[C@H]1O. The third-order valence-electron chi connectivity index (χ3n) is 17.8. The second kappa shape index (κ2) is 37.9. The maximum atomic E-state index is 13.4.